The van der Waals surface area contributed by atoms with Crippen molar-refractivity contribution in [3.05, 3.63) is 56.3 Å². The fourth-order valence-corrected chi connectivity index (χ4v) is 2.45. The number of carbonyl (C=O) groups excluding carboxylic acids is 1. The van der Waals surface area contributed by atoms with Gasteiger partial charge in [-0.25, -0.2) is 0 Å². The maximum atomic E-state index is 12.1. The third-order valence-corrected chi connectivity index (χ3v) is 3.61. The molecule has 0 aliphatic carbocycles. The van der Waals surface area contributed by atoms with E-state index in [2.05, 4.69) is 10.6 Å². The Morgan fingerprint density at radius 3 is 2.75 bits per heavy atom. The number of hydrogen-bond donors (Lipinski definition) is 2. The van der Waals surface area contributed by atoms with Crippen molar-refractivity contribution >= 4 is 28.6 Å². The first kappa shape index (κ1) is 14.0. The highest BCUT2D eigenvalue weighted by Crippen LogP contribution is 2.28. The molecule has 0 saturated heterocycles. The van der Waals surface area contributed by atoms with Gasteiger partial charge in [-0.05, 0) is 23.6 Å². The van der Waals surface area contributed by atoms with Gasteiger partial charge in [-0.3, -0.25) is 14.9 Å². The molecule has 2 aromatic rings. The van der Waals surface area contributed by atoms with E-state index in [1.165, 1.54) is 17.4 Å². The molecule has 1 amide bonds. The molecule has 1 aromatic heterocycles. The average molecular weight is 291 g/mol. The van der Waals surface area contributed by atoms with E-state index in [4.69, 9.17) is 0 Å². The normalized spacial score (nSPS) is 10.1. The Bertz CT molecular complexity index is 626. The molecule has 6 nitrogen and oxygen atoms in total. The van der Waals surface area contributed by atoms with Crippen LogP contribution >= 0.6 is 11.3 Å². The van der Waals surface area contributed by atoms with Crippen LogP contribution in [0.1, 0.15) is 15.2 Å². The number of nitrogens with one attached hydrogen (secondary N) is 2. The second-order valence-electron chi connectivity index (χ2n) is 3.97. The molecule has 104 valence electrons. The Morgan fingerprint density at radius 1 is 1.35 bits per heavy atom. The Hall–Kier alpha value is -2.41. The number of thiophene rings is 1. The van der Waals surface area contributed by atoms with E-state index in [1.807, 2.05) is 17.5 Å². The van der Waals surface area contributed by atoms with Crippen LogP contribution in [-0.2, 0) is 6.54 Å². The highest BCUT2D eigenvalue weighted by molar-refractivity contribution is 7.09. The molecule has 0 atom stereocenters. The van der Waals surface area contributed by atoms with Gasteiger partial charge in [0.05, 0.1) is 11.5 Å². The van der Waals surface area contributed by atoms with Crippen molar-refractivity contribution in [2.75, 3.05) is 12.4 Å². The maximum Gasteiger partial charge on any atom is 0.305 e. The van der Waals surface area contributed by atoms with Crippen LogP contribution in [0.2, 0.25) is 0 Å². The number of para-hydroxylation sites is 1. The highest BCUT2D eigenvalue weighted by Gasteiger charge is 2.23. The molecule has 20 heavy (non-hydrogen) atoms. The number of benzene rings is 1. The molecule has 0 spiro atoms. The Kier molecular flexibility index (Phi) is 4.31. The summed E-state index contributed by atoms with van der Waals surface area (Å²) in [6.45, 7) is 0.359. The zero-order valence-corrected chi connectivity index (χ0v) is 11.6. The van der Waals surface area contributed by atoms with Crippen LogP contribution in [0.5, 0.6) is 0 Å². The lowest BCUT2D eigenvalue weighted by atomic mass is 10.1. The molecule has 0 saturated carbocycles. The van der Waals surface area contributed by atoms with E-state index in [1.54, 1.807) is 19.2 Å². The summed E-state index contributed by atoms with van der Waals surface area (Å²) in [6.07, 6.45) is 0. The van der Waals surface area contributed by atoms with Gasteiger partial charge < -0.3 is 10.6 Å². The summed E-state index contributed by atoms with van der Waals surface area (Å²) in [4.78, 5) is 23.7. The number of anilines is 1. The lowest BCUT2D eigenvalue weighted by Crippen LogP contribution is -2.23. The largest absolute Gasteiger partial charge is 0.383 e. The summed E-state index contributed by atoms with van der Waals surface area (Å²) in [7, 11) is 1.58. The van der Waals surface area contributed by atoms with Crippen molar-refractivity contribution in [1.82, 2.24) is 5.32 Å². The minimum Gasteiger partial charge on any atom is -0.383 e. The van der Waals surface area contributed by atoms with E-state index in [9.17, 15) is 14.9 Å². The second-order valence-corrected chi connectivity index (χ2v) is 5.00. The summed E-state index contributed by atoms with van der Waals surface area (Å²) in [5.41, 5.74) is 0.163. The summed E-state index contributed by atoms with van der Waals surface area (Å²) >= 11 is 1.52. The van der Waals surface area contributed by atoms with E-state index in [0.29, 0.717) is 12.2 Å². The molecule has 1 aromatic carbocycles. The lowest BCUT2D eigenvalue weighted by molar-refractivity contribution is -0.384. The van der Waals surface area contributed by atoms with Crippen LogP contribution in [0.4, 0.5) is 11.4 Å². The molecule has 0 radical (unpaired) electrons. The van der Waals surface area contributed by atoms with Gasteiger partial charge in [-0.2, -0.15) is 0 Å². The smallest absolute Gasteiger partial charge is 0.305 e. The first-order chi connectivity index (χ1) is 9.63. The third-order valence-electron chi connectivity index (χ3n) is 2.74. The number of rotatable bonds is 5. The van der Waals surface area contributed by atoms with E-state index in [0.717, 1.165) is 4.88 Å². The van der Waals surface area contributed by atoms with E-state index >= 15 is 0 Å². The highest BCUT2D eigenvalue weighted by atomic mass is 32.1. The number of carbonyl (C=O) groups is 1. The Balaban J connectivity index is 2.23. The first-order valence-corrected chi connectivity index (χ1v) is 6.77. The van der Waals surface area contributed by atoms with Crippen LogP contribution in [0.3, 0.4) is 0 Å². The summed E-state index contributed by atoms with van der Waals surface area (Å²) in [5, 5.41) is 18.4. The summed E-state index contributed by atoms with van der Waals surface area (Å²) in [5.74, 6) is -0.456. The molecule has 0 unspecified atom stereocenters. The van der Waals surface area contributed by atoms with Gasteiger partial charge in [0.2, 0.25) is 0 Å². The van der Waals surface area contributed by atoms with Crippen LogP contribution in [0.15, 0.2) is 35.7 Å². The van der Waals surface area contributed by atoms with Crippen molar-refractivity contribution in [3.63, 3.8) is 0 Å². The predicted molar refractivity (Wildman–Crippen MR) is 78.1 cm³/mol. The van der Waals surface area contributed by atoms with Gasteiger partial charge >= 0.3 is 5.69 Å². The number of nitro groups is 1. The molecule has 0 bridgehead atoms. The molecule has 1 heterocycles. The van der Waals surface area contributed by atoms with Crippen LogP contribution < -0.4 is 10.6 Å². The summed E-state index contributed by atoms with van der Waals surface area (Å²) in [6, 6.07) is 8.40. The van der Waals surface area contributed by atoms with Crippen LogP contribution in [0, 0.1) is 10.1 Å². The van der Waals surface area contributed by atoms with Gasteiger partial charge in [-0.15, -0.1) is 11.3 Å². The average Bonchev–Trinajstić information content (AvgIpc) is 2.96. The monoisotopic (exact) mass is 291 g/mol. The topological polar surface area (TPSA) is 84.3 Å². The fraction of sp³-hybridized carbons (Fsp3) is 0.154. The number of amides is 1. The molecule has 2 N–H and O–H groups in total. The summed E-state index contributed by atoms with van der Waals surface area (Å²) < 4.78 is 0. The molecule has 0 aliphatic heterocycles. The minimum atomic E-state index is -0.550. The zero-order chi connectivity index (χ0) is 14.5. The van der Waals surface area contributed by atoms with Crippen LogP contribution in [-0.4, -0.2) is 17.9 Å². The van der Waals surface area contributed by atoms with E-state index < -0.39 is 10.8 Å². The quantitative estimate of drug-likeness (QED) is 0.655. The van der Waals surface area contributed by atoms with Crippen molar-refractivity contribution in [3.8, 4) is 0 Å². The number of hydrogen-bond acceptors (Lipinski definition) is 5. The Morgan fingerprint density at radius 2 is 2.15 bits per heavy atom. The van der Waals surface area contributed by atoms with Gasteiger partial charge in [0.1, 0.15) is 11.3 Å². The van der Waals surface area contributed by atoms with E-state index in [-0.39, 0.29) is 11.3 Å². The van der Waals surface area contributed by atoms with Crippen molar-refractivity contribution < 1.29 is 9.72 Å². The molecule has 0 fully saturated rings. The maximum absolute atomic E-state index is 12.1. The van der Waals surface area contributed by atoms with Gasteiger partial charge in [0.25, 0.3) is 5.91 Å². The molecule has 0 aliphatic rings. The standard InChI is InChI=1S/C13H13N3O3S/c1-14-11-6-2-5-10(12(11)16(18)19)13(17)15-8-9-4-3-7-20-9/h2-7,14H,8H2,1H3,(H,15,17). The van der Waals surface area contributed by atoms with Gasteiger partial charge in [-0.1, -0.05) is 12.1 Å². The minimum absolute atomic E-state index is 0.0541. The number of nitro benzene ring substituents is 1. The number of nitrogens with zero attached hydrogens (tertiary/aromatic N) is 1. The first-order valence-electron chi connectivity index (χ1n) is 5.89. The fourth-order valence-electron chi connectivity index (χ4n) is 1.80. The van der Waals surface area contributed by atoms with Crippen molar-refractivity contribution in [2.24, 2.45) is 0 Å². The van der Waals surface area contributed by atoms with Crippen LogP contribution in [0.25, 0.3) is 0 Å². The van der Waals surface area contributed by atoms with Gasteiger partial charge in [0, 0.05) is 11.9 Å². The molecule has 2 rings (SSSR count). The van der Waals surface area contributed by atoms with Crippen molar-refractivity contribution in [2.45, 2.75) is 6.54 Å². The van der Waals surface area contributed by atoms with Crippen molar-refractivity contribution in [1.29, 1.82) is 0 Å². The SMILES string of the molecule is CNc1cccc(C(=O)NCc2cccs2)c1[N+](=O)[O-]. The lowest BCUT2D eigenvalue weighted by Gasteiger charge is -2.07. The molecular formula is C13H13N3O3S. The third kappa shape index (κ3) is 2.94. The zero-order valence-electron chi connectivity index (χ0n) is 10.8. The molecule has 7 heteroatoms. The Labute approximate surface area is 119 Å². The van der Waals surface area contributed by atoms with Gasteiger partial charge in [0.15, 0.2) is 0 Å². The molecular weight excluding hydrogens is 278 g/mol. The second kappa shape index (κ2) is 6.16. The predicted octanol–water partition coefficient (Wildman–Crippen LogP) is 2.63.